The van der Waals surface area contributed by atoms with Gasteiger partial charge in [-0.25, -0.2) is 0 Å². The predicted octanol–water partition coefficient (Wildman–Crippen LogP) is 3.51. The van der Waals surface area contributed by atoms with Crippen LogP contribution < -0.4 is 5.32 Å². The average Bonchev–Trinajstić information content (AvgIpc) is 2.39. The molecule has 0 saturated heterocycles. The molecule has 0 radical (unpaired) electrons. The highest BCUT2D eigenvalue weighted by atomic mass is 14.9. The van der Waals surface area contributed by atoms with E-state index in [0.29, 0.717) is 0 Å². The summed E-state index contributed by atoms with van der Waals surface area (Å²) in [6.45, 7) is 6.38. The highest BCUT2D eigenvalue weighted by molar-refractivity contribution is 5.30. The van der Waals surface area contributed by atoms with Gasteiger partial charge in [-0.2, -0.15) is 0 Å². The van der Waals surface area contributed by atoms with E-state index in [4.69, 9.17) is 0 Å². The Morgan fingerprint density at radius 1 is 1.11 bits per heavy atom. The molecule has 1 aromatic heterocycles. The van der Waals surface area contributed by atoms with E-state index in [2.05, 4.69) is 61.4 Å². The number of aromatic nitrogens is 1. The van der Waals surface area contributed by atoms with Crippen LogP contribution in [-0.4, -0.2) is 12.0 Å². The Kier molecular flexibility index (Phi) is 4.33. The number of nitrogens with zero attached hydrogens (tertiary/aromatic N) is 1. The summed E-state index contributed by atoms with van der Waals surface area (Å²) in [7, 11) is 2.00. The van der Waals surface area contributed by atoms with Crippen molar-refractivity contribution in [3.63, 3.8) is 0 Å². The van der Waals surface area contributed by atoms with Gasteiger partial charge in [-0.05, 0) is 56.5 Å². The summed E-state index contributed by atoms with van der Waals surface area (Å²) in [4.78, 5) is 4.61. The van der Waals surface area contributed by atoms with Gasteiger partial charge in [0.2, 0.25) is 0 Å². The van der Waals surface area contributed by atoms with Gasteiger partial charge in [0.05, 0.1) is 11.7 Å². The summed E-state index contributed by atoms with van der Waals surface area (Å²) in [5.41, 5.74) is 6.34. The zero-order valence-electron chi connectivity index (χ0n) is 12.2. The van der Waals surface area contributed by atoms with Crippen LogP contribution in [-0.2, 0) is 6.42 Å². The van der Waals surface area contributed by atoms with Gasteiger partial charge in [0.25, 0.3) is 0 Å². The van der Waals surface area contributed by atoms with Crippen LogP contribution in [0.5, 0.6) is 0 Å². The summed E-state index contributed by atoms with van der Waals surface area (Å²) in [6.07, 6.45) is 2.92. The van der Waals surface area contributed by atoms with Gasteiger partial charge >= 0.3 is 0 Å². The monoisotopic (exact) mass is 254 g/mol. The third-order valence-electron chi connectivity index (χ3n) is 3.62. The number of benzene rings is 1. The number of rotatable bonds is 4. The molecule has 100 valence electrons. The molecule has 2 nitrogen and oxygen atoms in total. The first-order valence-electron chi connectivity index (χ1n) is 6.76. The van der Waals surface area contributed by atoms with E-state index in [-0.39, 0.29) is 6.04 Å². The molecular weight excluding hydrogens is 232 g/mol. The lowest BCUT2D eigenvalue weighted by Gasteiger charge is -2.19. The minimum absolute atomic E-state index is 0.265. The van der Waals surface area contributed by atoms with Gasteiger partial charge in [-0.1, -0.05) is 30.3 Å². The van der Waals surface area contributed by atoms with Crippen molar-refractivity contribution in [3.8, 4) is 0 Å². The van der Waals surface area contributed by atoms with E-state index in [1.165, 1.54) is 22.3 Å². The molecule has 1 N–H and O–H groups in total. The molecule has 1 heterocycles. The lowest BCUT2D eigenvalue weighted by molar-refractivity contribution is 0.571. The second-order valence-corrected chi connectivity index (χ2v) is 5.19. The smallest absolute Gasteiger partial charge is 0.0605 e. The number of likely N-dealkylation sites (N-methyl/N-ethyl adjacent to an activating group) is 1. The van der Waals surface area contributed by atoms with Crippen LogP contribution in [0.2, 0.25) is 0 Å². The lowest BCUT2D eigenvalue weighted by atomic mass is 9.97. The minimum Gasteiger partial charge on any atom is -0.311 e. The molecule has 0 fully saturated rings. The van der Waals surface area contributed by atoms with Crippen LogP contribution in [0.15, 0.2) is 36.5 Å². The van der Waals surface area contributed by atoms with Gasteiger partial charge < -0.3 is 5.32 Å². The van der Waals surface area contributed by atoms with E-state index in [1.54, 1.807) is 0 Å². The van der Waals surface area contributed by atoms with Crippen molar-refractivity contribution in [2.24, 2.45) is 0 Å². The van der Waals surface area contributed by atoms with Gasteiger partial charge in [0.15, 0.2) is 0 Å². The van der Waals surface area contributed by atoms with Crippen molar-refractivity contribution in [2.45, 2.75) is 33.2 Å². The number of hydrogen-bond donors (Lipinski definition) is 1. The predicted molar refractivity (Wildman–Crippen MR) is 80.4 cm³/mol. The van der Waals surface area contributed by atoms with E-state index in [1.807, 2.05) is 13.2 Å². The normalized spacial score (nSPS) is 12.4. The summed E-state index contributed by atoms with van der Waals surface area (Å²) in [6, 6.07) is 11.0. The van der Waals surface area contributed by atoms with Crippen molar-refractivity contribution in [1.82, 2.24) is 10.3 Å². The second kappa shape index (κ2) is 5.98. The molecule has 1 atom stereocenters. The standard InChI is InChI=1S/C17H22N2/c1-12-9-14(3)17(19-11-12)16(18-4)10-15-8-6-5-7-13(15)2/h5-9,11,16,18H,10H2,1-4H3. The van der Waals surface area contributed by atoms with Crippen LogP contribution in [0.3, 0.4) is 0 Å². The lowest BCUT2D eigenvalue weighted by Crippen LogP contribution is -2.21. The topological polar surface area (TPSA) is 24.9 Å². The Bertz CT molecular complexity index is 561. The maximum Gasteiger partial charge on any atom is 0.0605 e. The molecule has 0 bridgehead atoms. The van der Waals surface area contributed by atoms with Crippen LogP contribution in [0.4, 0.5) is 0 Å². The molecule has 0 aliphatic carbocycles. The first-order chi connectivity index (χ1) is 9.11. The van der Waals surface area contributed by atoms with Crippen molar-refractivity contribution >= 4 is 0 Å². The molecule has 0 aliphatic heterocycles. The SMILES string of the molecule is CNC(Cc1ccccc1C)c1ncc(C)cc1C. The molecular formula is C17H22N2. The zero-order valence-corrected chi connectivity index (χ0v) is 12.2. The molecule has 0 amide bonds. The van der Waals surface area contributed by atoms with E-state index in [0.717, 1.165) is 12.1 Å². The van der Waals surface area contributed by atoms with E-state index in [9.17, 15) is 0 Å². The Morgan fingerprint density at radius 2 is 1.84 bits per heavy atom. The molecule has 0 aliphatic rings. The molecule has 0 saturated carbocycles. The molecule has 2 rings (SSSR count). The van der Waals surface area contributed by atoms with E-state index < -0.39 is 0 Å². The largest absolute Gasteiger partial charge is 0.311 e. The summed E-state index contributed by atoms with van der Waals surface area (Å²) < 4.78 is 0. The van der Waals surface area contributed by atoms with Crippen molar-refractivity contribution in [1.29, 1.82) is 0 Å². The molecule has 2 heteroatoms. The first-order valence-corrected chi connectivity index (χ1v) is 6.76. The molecule has 1 aromatic carbocycles. The zero-order chi connectivity index (χ0) is 13.8. The Morgan fingerprint density at radius 3 is 2.47 bits per heavy atom. The van der Waals surface area contributed by atoms with Gasteiger partial charge in [-0.15, -0.1) is 0 Å². The third kappa shape index (κ3) is 3.21. The Balaban J connectivity index is 2.28. The number of pyridine rings is 1. The number of hydrogen-bond acceptors (Lipinski definition) is 2. The maximum atomic E-state index is 4.61. The van der Waals surface area contributed by atoms with Crippen molar-refractivity contribution in [2.75, 3.05) is 7.05 Å². The first kappa shape index (κ1) is 13.8. The fourth-order valence-corrected chi connectivity index (χ4v) is 2.49. The average molecular weight is 254 g/mol. The quantitative estimate of drug-likeness (QED) is 0.903. The van der Waals surface area contributed by atoms with Crippen LogP contribution in [0.1, 0.15) is 34.0 Å². The van der Waals surface area contributed by atoms with Crippen LogP contribution in [0.25, 0.3) is 0 Å². The Hall–Kier alpha value is -1.67. The number of nitrogens with one attached hydrogen (secondary N) is 1. The third-order valence-corrected chi connectivity index (χ3v) is 3.62. The maximum absolute atomic E-state index is 4.61. The summed E-state index contributed by atoms with van der Waals surface area (Å²) in [5.74, 6) is 0. The molecule has 1 unspecified atom stereocenters. The highest BCUT2D eigenvalue weighted by Crippen LogP contribution is 2.21. The van der Waals surface area contributed by atoms with Crippen molar-refractivity contribution < 1.29 is 0 Å². The summed E-state index contributed by atoms with van der Waals surface area (Å²) in [5, 5.41) is 3.39. The fraction of sp³-hybridized carbons (Fsp3) is 0.353. The van der Waals surface area contributed by atoms with Gasteiger partial charge in [-0.3, -0.25) is 4.98 Å². The summed E-state index contributed by atoms with van der Waals surface area (Å²) >= 11 is 0. The molecule has 2 aromatic rings. The second-order valence-electron chi connectivity index (χ2n) is 5.19. The van der Waals surface area contributed by atoms with Gasteiger partial charge in [0, 0.05) is 6.20 Å². The van der Waals surface area contributed by atoms with Gasteiger partial charge in [0.1, 0.15) is 0 Å². The van der Waals surface area contributed by atoms with Crippen LogP contribution >= 0.6 is 0 Å². The minimum atomic E-state index is 0.265. The molecule has 19 heavy (non-hydrogen) atoms. The number of aryl methyl sites for hydroxylation is 3. The van der Waals surface area contributed by atoms with Crippen molar-refractivity contribution in [3.05, 3.63) is 64.5 Å². The fourth-order valence-electron chi connectivity index (χ4n) is 2.49. The molecule has 0 spiro atoms. The van der Waals surface area contributed by atoms with Crippen LogP contribution in [0, 0.1) is 20.8 Å². The Labute approximate surface area is 115 Å². The highest BCUT2D eigenvalue weighted by Gasteiger charge is 2.15. The van der Waals surface area contributed by atoms with E-state index >= 15 is 0 Å².